The van der Waals surface area contributed by atoms with Gasteiger partial charge in [0.2, 0.25) is 0 Å². The summed E-state index contributed by atoms with van der Waals surface area (Å²) in [4.78, 5) is 0. The van der Waals surface area contributed by atoms with E-state index in [0.717, 1.165) is 6.42 Å². The van der Waals surface area contributed by atoms with Crippen molar-refractivity contribution >= 4 is 0 Å². The molecule has 1 nitrogen and oxygen atoms in total. The topological polar surface area (TPSA) is 9.23 Å². The average Bonchev–Trinajstić information content (AvgIpc) is 2.50. The van der Waals surface area contributed by atoms with E-state index in [1.807, 2.05) is 0 Å². The standard InChI is InChI=1S/C7H13O/c1-3-6(2)8-7-4-5-7/h6-7H,1,3-5H2,2H3. The highest BCUT2D eigenvalue weighted by Crippen LogP contribution is 2.25. The van der Waals surface area contributed by atoms with Gasteiger partial charge >= 0.3 is 0 Å². The summed E-state index contributed by atoms with van der Waals surface area (Å²) in [7, 11) is 0. The molecule has 1 saturated carbocycles. The summed E-state index contributed by atoms with van der Waals surface area (Å²) in [5, 5.41) is 0. The van der Waals surface area contributed by atoms with E-state index in [9.17, 15) is 0 Å². The summed E-state index contributed by atoms with van der Waals surface area (Å²) in [5.74, 6) is 0. The normalized spacial score (nSPS) is 23.2. The third kappa shape index (κ3) is 1.83. The van der Waals surface area contributed by atoms with Gasteiger partial charge in [0.15, 0.2) is 0 Å². The van der Waals surface area contributed by atoms with Crippen molar-refractivity contribution in [2.75, 3.05) is 0 Å². The molecular formula is C7H13O. The first kappa shape index (κ1) is 6.09. The van der Waals surface area contributed by atoms with Crippen molar-refractivity contribution < 1.29 is 4.74 Å². The molecule has 0 N–H and O–H groups in total. The molecule has 8 heavy (non-hydrogen) atoms. The monoisotopic (exact) mass is 113 g/mol. The smallest absolute Gasteiger partial charge is 0.0580 e. The molecule has 0 spiro atoms. The van der Waals surface area contributed by atoms with E-state index in [-0.39, 0.29) is 0 Å². The summed E-state index contributed by atoms with van der Waals surface area (Å²) in [6.45, 7) is 5.82. The van der Waals surface area contributed by atoms with Crippen molar-refractivity contribution in [3.05, 3.63) is 6.92 Å². The Balaban J connectivity index is 1.98. The Morgan fingerprint density at radius 2 is 2.38 bits per heavy atom. The fraction of sp³-hybridized carbons (Fsp3) is 0.857. The lowest BCUT2D eigenvalue weighted by Crippen LogP contribution is -2.07. The van der Waals surface area contributed by atoms with Gasteiger partial charge in [-0.05, 0) is 26.2 Å². The van der Waals surface area contributed by atoms with Crippen molar-refractivity contribution in [2.24, 2.45) is 0 Å². The molecule has 1 fully saturated rings. The first-order chi connectivity index (χ1) is 3.83. The van der Waals surface area contributed by atoms with E-state index in [4.69, 9.17) is 4.74 Å². The van der Waals surface area contributed by atoms with Crippen LogP contribution in [-0.4, -0.2) is 12.2 Å². The van der Waals surface area contributed by atoms with E-state index >= 15 is 0 Å². The third-order valence-electron chi connectivity index (χ3n) is 1.36. The molecule has 0 saturated heterocycles. The molecule has 1 rings (SSSR count). The number of hydrogen-bond donors (Lipinski definition) is 0. The van der Waals surface area contributed by atoms with Gasteiger partial charge in [-0.3, -0.25) is 0 Å². The molecule has 1 aliphatic rings. The lowest BCUT2D eigenvalue weighted by molar-refractivity contribution is 0.0542. The molecule has 0 bridgehead atoms. The molecule has 1 atom stereocenters. The van der Waals surface area contributed by atoms with Gasteiger partial charge in [-0.15, -0.1) is 0 Å². The SMILES string of the molecule is [CH2]CC(C)OC1CC1. The molecule has 0 aliphatic heterocycles. The Labute approximate surface area is 51.0 Å². The number of rotatable bonds is 3. The van der Waals surface area contributed by atoms with Gasteiger partial charge in [-0.1, -0.05) is 6.92 Å². The maximum Gasteiger partial charge on any atom is 0.0580 e. The first-order valence-corrected chi connectivity index (χ1v) is 3.27. The molecule has 1 unspecified atom stereocenters. The van der Waals surface area contributed by atoms with Crippen LogP contribution in [-0.2, 0) is 4.74 Å². The van der Waals surface area contributed by atoms with Gasteiger partial charge in [0.25, 0.3) is 0 Å². The molecule has 0 heterocycles. The number of ether oxygens (including phenoxy) is 1. The molecular weight excluding hydrogens is 100 g/mol. The van der Waals surface area contributed by atoms with Gasteiger partial charge in [0.1, 0.15) is 0 Å². The lowest BCUT2D eigenvalue weighted by atomic mass is 10.3. The van der Waals surface area contributed by atoms with Crippen molar-refractivity contribution in [2.45, 2.75) is 38.4 Å². The maximum atomic E-state index is 5.45. The molecule has 47 valence electrons. The lowest BCUT2D eigenvalue weighted by Gasteiger charge is -2.07. The highest BCUT2D eigenvalue weighted by molar-refractivity contribution is 4.74. The zero-order valence-corrected chi connectivity index (χ0v) is 5.39. The zero-order valence-electron chi connectivity index (χ0n) is 5.39. The molecule has 0 amide bonds. The van der Waals surface area contributed by atoms with Gasteiger partial charge in [-0.2, -0.15) is 0 Å². The molecule has 1 heteroatoms. The molecule has 0 aromatic rings. The van der Waals surface area contributed by atoms with Crippen LogP contribution in [0.15, 0.2) is 0 Å². The van der Waals surface area contributed by atoms with Crippen LogP contribution in [0.3, 0.4) is 0 Å². The Hall–Kier alpha value is -0.0400. The summed E-state index contributed by atoms with van der Waals surface area (Å²) < 4.78 is 5.45. The minimum atomic E-state index is 0.377. The second kappa shape index (κ2) is 2.49. The largest absolute Gasteiger partial charge is 0.375 e. The first-order valence-electron chi connectivity index (χ1n) is 3.27. The average molecular weight is 113 g/mol. The molecule has 1 aliphatic carbocycles. The van der Waals surface area contributed by atoms with Gasteiger partial charge in [0.05, 0.1) is 12.2 Å². The van der Waals surface area contributed by atoms with Gasteiger partial charge in [-0.25, -0.2) is 0 Å². The number of hydrogen-bond acceptors (Lipinski definition) is 1. The summed E-state index contributed by atoms with van der Waals surface area (Å²) in [5.41, 5.74) is 0. The van der Waals surface area contributed by atoms with Crippen LogP contribution in [0.2, 0.25) is 0 Å². The predicted molar refractivity (Wildman–Crippen MR) is 33.5 cm³/mol. The summed E-state index contributed by atoms with van der Waals surface area (Å²) >= 11 is 0. The zero-order chi connectivity index (χ0) is 5.98. The Kier molecular flexibility index (Phi) is 1.90. The van der Waals surface area contributed by atoms with Crippen LogP contribution in [0.25, 0.3) is 0 Å². The Bertz CT molecular complexity index is 66.8. The van der Waals surface area contributed by atoms with E-state index < -0.39 is 0 Å². The van der Waals surface area contributed by atoms with Gasteiger partial charge in [0, 0.05) is 0 Å². The van der Waals surface area contributed by atoms with Crippen molar-refractivity contribution in [1.82, 2.24) is 0 Å². The second-order valence-electron chi connectivity index (χ2n) is 2.43. The minimum Gasteiger partial charge on any atom is -0.375 e. The fourth-order valence-electron chi connectivity index (χ4n) is 0.601. The van der Waals surface area contributed by atoms with E-state index in [2.05, 4.69) is 13.8 Å². The fourth-order valence-corrected chi connectivity index (χ4v) is 0.601. The molecule has 1 radical (unpaired) electrons. The molecule has 0 aromatic carbocycles. The van der Waals surface area contributed by atoms with Crippen molar-refractivity contribution in [1.29, 1.82) is 0 Å². The minimum absolute atomic E-state index is 0.377. The summed E-state index contributed by atoms with van der Waals surface area (Å²) in [6.07, 6.45) is 4.40. The van der Waals surface area contributed by atoms with Crippen LogP contribution in [0.1, 0.15) is 26.2 Å². The predicted octanol–water partition coefficient (Wildman–Crippen LogP) is 1.78. The second-order valence-corrected chi connectivity index (χ2v) is 2.43. The van der Waals surface area contributed by atoms with Crippen molar-refractivity contribution in [3.63, 3.8) is 0 Å². The Morgan fingerprint density at radius 1 is 1.75 bits per heavy atom. The van der Waals surface area contributed by atoms with Crippen LogP contribution < -0.4 is 0 Å². The van der Waals surface area contributed by atoms with Crippen molar-refractivity contribution in [3.8, 4) is 0 Å². The van der Waals surface area contributed by atoms with Crippen LogP contribution in [0, 0.1) is 6.92 Å². The molecule has 0 aromatic heterocycles. The van der Waals surface area contributed by atoms with Crippen LogP contribution in [0.4, 0.5) is 0 Å². The van der Waals surface area contributed by atoms with Crippen LogP contribution in [0.5, 0.6) is 0 Å². The van der Waals surface area contributed by atoms with Crippen LogP contribution >= 0.6 is 0 Å². The maximum absolute atomic E-state index is 5.45. The van der Waals surface area contributed by atoms with E-state index in [0.29, 0.717) is 12.2 Å². The van der Waals surface area contributed by atoms with E-state index in [1.54, 1.807) is 0 Å². The Morgan fingerprint density at radius 3 is 2.75 bits per heavy atom. The van der Waals surface area contributed by atoms with E-state index in [1.165, 1.54) is 12.8 Å². The summed E-state index contributed by atoms with van der Waals surface area (Å²) in [6, 6.07) is 0. The van der Waals surface area contributed by atoms with Gasteiger partial charge < -0.3 is 4.74 Å². The quantitative estimate of drug-likeness (QED) is 0.542. The third-order valence-corrected chi connectivity index (χ3v) is 1.36. The highest BCUT2D eigenvalue weighted by atomic mass is 16.5. The highest BCUT2D eigenvalue weighted by Gasteiger charge is 2.23.